The van der Waals surface area contributed by atoms with Gasteiger partial charge in [0.1, 0.15) is 17.7 Å². The Hall–Kier alpha value is -3.68. The number of anilines is 2. The number of nitrogens with zero attached hydrogens (tertiary/aromatic N) is 3. The Morgan fingerprint density at radius 2 is 2.07 bits per heavy atom. The minimum absolute atomic E-state index is 0.0325. The SMILES string of the molecule is C=c1c(C)nc(N)c(N2C(C)C(=O)NC3=NCC(c4ccccc4)C32)c1=CNC=O. The molecule has 3 heterocycles. The van der Waals surface area contributed by atoms with Crippen LogP contribution in [0.5, 0.6) is 0 Å². The summed E-state index contributed by atoms with van der Waals surface area (Å²) in [5, 5.41) is 6.80. The van der Waals surface area contributed by atoms with Crippen molar-refractivity contribution in [1.82, 2.24) is 15.6 Å². The molecule has 8 heteroatoms. The number of hydrogen-bond acceptors (Lipinski definition) is 6. The van der Waals surface area contributed by atoms with Crippen LogP contribution in [0.25, 0.3) is 12.8 Å². The minimum atomic E-state index is -0.521. The van der Waals surface area contributed by atoms with Gasteiger partial charge in [-0.2, -0.15) is 0 Å². The van der Waals surface area contributed by atoms with E-state index in [4.69, 9.17) is 5.73 Å². The van der Waals surface area contributed by atoms with E-state index in [2.05, 4.69) is 39.3 Å². The molecule has 2 aromatic rings. The second-order valence-corrected chi connectivity index (χ2v) is 7.51. The van der Waals surface area contributed by atoms with E-state index < -0.39 is 6.04 Å². The number of nitrogen functional groups attached to an aromatic ring is 1. The largest absolute Gasteiger partial charge is 0.382 e. The highest BCUT2D eigenvalue weighted by Gasteiger charge is 2.46. The number of pyridine rings is 1. The summed E-state index contributed by atoms with van der Waals surface area (Å²) >= 11 is 0. The third-order valence-corrected chi connectivity index (χ3v) is 5.80. The number of amidine groups is 1. The summed E-state index contributed by atoms with van der Waals surface area (Å²) in [7, 11) is 0. The molecule has 1 aromatic carbocycles. The van der Waals surface area contributed by atoms with Crippen molar-refractivity contribution in [3.63, 3.8) is 0 Å². The molecule has 30 heavy (non-hydrogen) atoms. The van der Waals surface area contributed by atoms with Gasteiger partial charge in [0.25, 0.3) is 0 Å². The predicted molar refractivity (Wildman–Crippen MR) is 117 cm³/mol. The molecule has 2 aliphatic rings. The lowest BCUT2D eigenvalue weighted by molar-refractivity contribution is -0.121. The first-order valence-electron chi connectivity index (χ1n) is 9.77. The van der Waals surface area contributed by atoms with Crippen molar-refractivity contribution in [2.24, 2.45) is 4.99 Å². The second kappa shape index (κ2) is 7.62. The van der Waals surface area contributed by atoms with Gasteiger partial charge in [0, 0.05) is 23.0 Å². The highest BCUT2D eigenvalue weighted by Crippen LogP contribution is 2.36. The molecule has 1 fully saturated rings. The van der Waals surface area contributed by atoms with Crippen LogP contribution >= 0.6 is 0 Å². The van der Waals surface area contributed by atoms with Gasteiger partial charge in [-0.1, -0.05) is 36.9 Å². The van der Waals surface area contributed by atoms with Crippen molar-refractivity contribution in [3.05, 3.63) is 52.0 Å². The van der Waals surface area contributed by atoms with E-state index in [0.717, 1.165) is 5.56 Å². The van der Waals surface area contributed by atoms with E-state index in [0.29, 0.717) is 40.6 Å². The normalized spacial score (nSPS) is 23.6. The molecular weight excluding hydrogens is 380 g/mol. The van der Waals surface area contributed by atoms with Crippen LogP contribution < -0.4 is 31.7 Å². The average Bonchev–Trinajstić information content (AvgIpc) is 3.15. The first-order chi connectivity index (χ1) is 14.4. The molecule has 4 rings (SSSR count). The lowest BCUT2D eigenvalue weighted by Gasteiger charge is -2.43. The molecule has 1 saturated heterocycles. The van der Waals surface area contributed by atoms with Gasteiger partial charge < -0.3 is 21.3 Å². The first-order valence-corrected chi connectivity index (χ1v) is 9.77. The highest BCUT2D eigenvalue weighted by atomic mass is 16.2. The number of aryl methyl sites for hydroxylation is 1. The summed E-state index contributed by atoms with van der Waals surface area (Å²) in [4.78, 5) is 34.8. The molecule has 0 radical (unpaired) electrons. The third-order valence-electron chi connectivity index (χ3n) is 5.80. The quantitative estimate of drug-likeness (QED) is 0.609. The maximum absolute atomic E-state index is 12.8. The molecule has 8 nitrogen and oxygen atoms in total. The topological polar surface area (TPSA) is 113 Å². The van der Waals surface area contributed by atoms with E-state index >= 15 is 0 Å². The fourth-order valence-electron chi connectivity index (χ4n) is 4.26. The van der Waals surface area contributed by atoms with E-state index in [9.17, 15) is 9.59 Å². The number of benzene rings is 1. The van der Waals surface area contributed by atoms with E-state index in [-0.39, 0.29) is 23.7 Å². The van der Waals surface area contributed by atoms with Crippen molar-refractivity contribution in [2.75, 3.05) is 17.2 Å². The van der Waals surface area contributed by atoms with Gasteiger partial charge in [0.05, 0.1) is 18.3 Å². The summed E-state index contributed by atoms with van der Waals surface area (Å²) in [5.41, 5.74) is 8.73. The zero-order valence-corrected chi connectivity index (χ0v) is 16.9. The van der Waals surface area contributed by atoms with E-state index in [1.807, 2.05) is 36.9 Å². The summed E-state index contributed by atoms with van der Waals surface area (Å²) in [6.45, 7) is 8.30. The van der Waals surface area contributed by atoms with Crippen LogP contribution in [-0.4, -0.2) is 41.8 Å². The number of hydrogen-bond donors (Lipinski definition) is 3. The van der Waals surface area contributed by atoms with Gasteiger partial charge in [-0.25, -0.2) is 4.98 Å². The molecule has 1 aromatic heterocycles. The zero-order chi connectivity index (χ0) is 21.4. The standard InChI is InChI=1S/C22H24N6O2/c1-12-13(2)26-20(23)18(16(12)9-24-11-29)28-14(3)22(30)27-21-19(28)17(10-25-21)15-7-5-4-6-8-15/h4-9,11,14,17,19H,1,10,23H2,2-3H3,(H,24,29)(H,25,27,30). The van der Waals surface area contributed by atoms with Crippen LogP contribution in [0.2, 0.25) is 0 Å². The minimum Gasteiger partial charge on any atom is -0.382 e. The van der Waals surface area contributed by atoms with E-state index in [1.165, 1.54) is 0 Å². The lowest BCUT2D eigenvalue weighted by Crippen LogP contribution is -2.64. The summed E-state index contributed by atoms with van der Waals surface area (Å²) in [5.74, 6) is 0.758. The van der Waals surface area contributed by atoms with Crippen molar-refractivity contribution in [1.29, 1.82) is 0 Å². The number of rotatable bonds is 4. The number of nitrogens with two attached hydrogens (primary N) is 1. The van der Waals surface area contributed by atoms with Gasteiger partial charge >= 0.3 is 0 Å². The van der Waals surface area contributed by atoms with Gasteiger partial charge in [0.2, 0.25) is 12.3 Å². The van der Waals surface area contributed by atoms with Crippen LogP contribution in [-0.2, 0) is 9.59 Å². The monoisotopic (exact) mass is 404 g/mol. The average molecular weight is 404 g/mol. The molecular formula is C22H24N6O2. The van der Waals surface area contributed by atoms with E-state index in [1.54, 1.807) is 6.20 Å². The third kappa shape index (κ3) is 3.10. The van der Waals surface area contributed by atoms with Gasteiger partial charge in [0.15, 0.2) is 0 Å². The number of carbonyl (C=O) groups excluding carboxylic acids is 2. The van der Waals surface area contributed by atoms with Crippen LogP contribution in [0.4, 0.5) is 11.5 Å². The molecule has 154 valence electrons. The second-order valence-electron chi connectivity index (χ2n) is 7.51. The van der Waals surface area contributed by atoms with Crippen LogP contribution in [0, 0.1) is 6.92 Å². The summed E-state index contributed by atoms with van der Waals surface area (Å²) in [6, 6.07) is 9.33. The predicted octanol–water partition coefficient (Wildman–Crippen LogP) is -0.244. The molecule has 2 amide bonds. The Balaban J connectivity index is 1.95. The number of aliphatic imine (C=N–C) groups is 1. The Kier molecular flexibility index (Phi) is 4.99. The maximum Gasteiger partial charge on any atom is 0.247 e. The van der Waals surface area contributed by atoms with Crippen molar-refractivity contribution < 1.29 is 9.59 Å². The fourth-order valence-corrected chi connectivity index (χ4v) is 4.26. The Bertz CT molecular complexity index is 1140. The van der Waals surface area contributed by atoms with Gasteiger partial charge in [-0.05, 0) is 24.6 Å². The van der Waals surface area contributed by atoms with Crippen molar-refractivity contribution >= 4 is 42.4 Å². The van der Waals surface area contributed by atoms with Gasteiger partial charge in [-0.15, -0.1) is 0 Å². The summed E-state index contributed by atoms with van der Waals surface area (Å²) < 4.78 is 0. The van der Waals surface area contributed by atoms with Crippen molar-refractivity contribution in [2.45, 2.75) is 31.8 Å². The number of carbonyl (C=O) groups is 2. The number of fused-ring (bicyclic) bond motifs is 1. The molecule has 3 atom stereocenters. The Labute approximate surface area is 174 Å². The molecule has 2 aliphatic heterocycles. The smallest absolute Gasteiger partial charge is 0.247 e. The maximum atomic E-state index is 12.8. The van der Waals surface area contributed by atoms with Crippen molar-refractivity contribution in [3.8, 4) is 0 Å². The lowest BCUT2D eigenvalue weighted by atomic mass is 9.89. The highest BCUT2D eigenvalue weighted by molar-refractivity contribution is 6.10. The van der Waals surface area contributed by atoms with Crippen LogP contribution in [0.3, 0.4) is 0 Å². The number of piperazine rings is 1. The molecule has 0 bridgehead atoms. The Morgan fingerprint density at radius 3 is 2.77 bits per heavy atom. The van der Waals surface area contributed by atoms with Crippen LogP contribution in [0.15, 0.2) is 35.3 Å². The van der Waals surface area contributed by atoms with Gasteiger partial charge in [-0.3, -0.25) is 14.6 Å². The van der Waals surface area contributed by atoms with Crippen LogP contribution in [0.1, 0.15) is 24.1 Å². The fraction of sp³-hybridized carbons (Fsp3) is 0.273. The Morgan fingerprint density at radius 1 is 1.33 bits per heavy atom. The zero-order valence-electron chi connectivity index (χ0n) is 16.9. The number of nitrogens with one attached hydrogen (secondary N) is 2. The molecule has 3 unspecified atom stereocenters. The molecule has 0 spiro atoms. The summed E-state index contributed by atoms with van der Waals surface area (Å²) in [6.07, 6.45) is 2.13. The first kappa shape index (κ1) is 19.6. The number of aromatic nitrogens is 1. The number of amides is 2. The molecule has 4 N–H and O–H groups in total. The molecule has 0 saturated carbocycles. The molecule has 0 aliphatic carbocycles.